The van der Waals surface area contributed by atoms with Crippen molar-refractivity contribution in [2.75, 3.05) is 13.1 Å². The molecule has 116 valence electrons. The summed E-state index contributed by atoms with van der Waals surface area (Å²) in [7, 11) is 0. The van der Waals surface area contributed by atoms with Crippen LogP contribution in [0.2, 0.25) is 10.0 Å². The van der Waals surface area contributed by atoms with Gasteiger partial charge in [0.2, 0.25) is 0 Å². The van der Waals surface area contributed by atoms with E-state index < -0.39 is 11.8 Å². The lowest BCUT2D eigenvalue weighted by atomic mass is 10.1. The molecule has 0 unspecified atom stereocenters. The molecule has 0 saturated carbocycles. The number of amides is 2. The fourth-order valence-electron chi connectivity index (χ4n) is 1.77. The zero-order valence-electron chi connectivity index (χ0n) is 12.0. The second-order valence-electron chi connectivity index (χ2n) is 4.70. The molecule has 0 radical (unpaired) electrons. The highest BCUT2D eigenvalue weighted by atomic mass is 35.5. The van der Waals surface area contributed by atoms with E-state index >= 15 is 0 Å². The lowest BCUT2D eigenvalue weighted by molar-refractivity contribution is -0.139. The Labute approximate surface area is 135 Å². The van der Waals surface area contributed by atoms with Crippen molar-refractivity contribution in [3.63, 3.8) is 0 Å². The van der Waals surface area contributed by atoms with E-state index in [1.807, 2.05) is 6.07 Å². The summed E-state index contributed by atoms with van der Waals surface area (Å²) in [6.45, 7) is 2.96. The number of halogens is 2. The van der Waals surface area contributed by atoms with Gasteiger partial charge in [-0.15, -0.1) is 0 Å². The zero-order valence-corrected chi connectivity index (χ0v) is 13.6. The normalized spacial score (nSPS) is 10.2. The molecular formula is C15H20Cl2N2O2. The van der Waals surface area contributed by atoms with Crippen molar-refractivity contribution in [1.29, 1.82) is 0 Å². The van der Waals surface area contributed by atoms with Gasteiger partial charge in [0.05, 0.1) is 0 Å². The second kappa shape index (κ2) is 9.64. The maximum atomic E-state index is 11.6. The van der Waals surface area contributed by atoms with E-state index in [0.717, 1.165) is 24.8 Å². The number of benzene rings is 1. The molecule has 4 nitrogen and oxygen atoms in total. The van der Waals surface area contributed by atoms with Crippen LogP contribution in [-0.4, -0.2) is 24.9 Å². The highest BCUT2D eigenvalue weighted by Gasteiger charge is 2.12. The summed E-state index contributed by atoms with van der Waals surface area (Å²) >= 11 is 11.8. The van der Waals surface area contributed by atoms with Crippen molar-refractivity contribution in [2.24, 2.45) is 0 Å². The Bertz CT molecular complexity index is 493. The van der Waals surface area contributed by atoms with E-state index in [1.54, 1.807) is 12.1 Å². The molecule has 0 spiro atoms. The van der Waals surface area contributed by atoms with Gasteiger partial charge in [0, 0.05) is 23.1 Å². The van der Waals surface area contributed by atoms with Crippen molar-refractivity contribution in [3.8, 4) is 0 Å². The maximum Gasteiger partial charge on any atom is 0.309 e. The average molecular weight is 331 g/mol. The van der Waals surface area contributed by atoms with E-state index in [0.29, 0.717) is 29.6 Å². The molecule has 1 rings (SSSR count). The van der Waals surface area contributed by atoms with E-state index in [2.05, 4.69) is 17.6 Å². The summed E-state index contributed by atoms with van der Waals surface area (Å²) in [5.74, 6) is -1.20. The molecule has 0 fully saturated rings. The molecule has 0 atom stereocenters. The monoisotopic (exact) mass is 330 g/mol. The maximum absolute atomic E-state index is 11.6. The predicted molar refractivity (Wildman–Crippen MR) is 85.7 cm³/mol. The van der Waals surface area contributed by atoms with Gasteiger partial charge in [-0.2, -0.15) is 0 Å². The number of hydrogen-bond acceptors (Lipinski definition) is 2. The van der Waals surface area contributed by atoms with Crippen LogP contribution in [0.3, 0.4) is 0 Å². The molecule has 0 aliphatic carbocycles. The first-order valence-corrected chi connectivity index (χ1v) is 7.80. The smallest absolute Gasteiger partial charge is 0.309 e. The lowest BCUT2D eigenvalue weighted by Gasteiger charge is -2.07. The Morgan fingerprint density at radius 3 is 2.33 bits per heavy atom. The average Bonchev–Trinajstić information content (AvgIpc) is 2.45. The molecule has 2 N–H and O–H groups in total. The van der Waals surface area contributed by atoms with Crippen LogP contribution in [0.25, 0.3) is 0 Å². The van der Waals surface area contributed by atoms with Gasteiger partial charge in [0.25, 0.3) is 0 Å². The van der Waals surface area contributed by atoms with Crippen molar-refractivity contribution in [2.45, 2.75) is 32.6 Å². The third-order valence-electron chi connectivity index (χ3n) is 2.97. The third-order valence-corrected chi connectivity index (χ3v) is 3.55. The summed E-state index contributed by atoms with van der Waals surface area (Å²) in [5, 5.41) is 6.29. The van der Waals surface area contributed by atoms with Crippen LogP contribution < -0.4 is 10.6 Å². The van der Waals surface area contributed by atoms with Crippen LogP contribution >= 0.6 is 23.2 Å². The minimum absolute atomic E-state index is 0.350. The number of hydrogen-bond donors (Lipinski definition) is 2. The summed E-state index contributed by atoms with van der Waals surface area (Å²) in [4.78, 5) is 23.1. The molecule has 6 heteroatoms. The predicted octanol–water partition coefficient (Wildman–Crippen LogP) is 2.96. The van der Waals surface area contributed by atoms with Gasteiger partial charge in [0.15, 0.2) is 0 Å². The van der Waals surface area contributed by atoms with Crippen molar-refractivity contribution in [1.82, 2.24) is 10.6 Å². The van der Waals surface area contributed by atoms with Gasteiger partial charge in [-0.1, -0.05) is 49.0 Å². The summed E-state index contributed by atoms with van der Waals surface area (Å²) in [6.07, 6.45) is 3.54. The van der Waals surface area contributed by atoms with E-state index in [1.165, 1.54) is 0 Å². The van der Waals surface area contributed by atoms with Gasteiger partial charge in [-0.3, -0.25) is 9.59 Å². The number of carbonyl (C=O) groups is 2. The SMILES string of the molecule is CCCCCNC(=O)C(=O)NCCc1ccc(Cl)cc1Cl. The van der Waals surface area contributed by atoms with Crippen LogP contribution in [0.15, 0.2) is 18.2 Å². The standard InChI is InChI=1S/C15H20Cl2N2O2/c1-2-3-4-8-18-14(20)15(21)19-9-7-11-5-6-12(16)10-13(11)17/h5-6,10H,2-4,7-9H2,1H3,(H,18,20)(H,19,21). The third kappa shape index (κ3) is 6.82. The quantitative estimate of drug-likeness (QED) is 0.596. The fourth-order valence-corrected chi connectivity index (χ4v) is 2.28. The number of unbranched alkanes of at least 4 members (excludes halogenated alkanes) is 2. The highest BCUT2D eigenvalue weighted by Crippen LogP contribution is 2.20. The van der Waals surface area contributed by atoms with Crippen LogP contribution in [-0.2, 0) is 16.0 Å². The molecule has 0 bridgehead atoms. The molecule has 1 aromatic rings. The number of nitrogens with one attached hydrogen (secondary N) is 2. The molecule has 1 aromatic carbocycles. The molecule has 0 saturated heterocycles. The summed E-state index contributed by atoms with van der Waals surface area (Å²) in [5.41, 5.74) is 0.879. The van der Waals surface area contributed by atoms with Gasteiger partial charge in [0.1, 0.15) is 0 Å². The fraction of sp³-hybridized carbons (Fsp3) is 0.467. The van der Waals surface area contributed by atoms with Gasteiger partial charge in [-0.25, -0.2) is 0 Å². The van der Waals surface area contributed by atoms with Gasteiger partial charge in [-0.05, 0) is 30.5 Å². The second-order valence-corrected chi connectivity index (χ2v) is 5.55. The Morgan fingerprint density at radius 2 is 1.71 bits per heavy atom. The Morgan fingerprint density at radius 1 is 1.05 bits per heavy atom. The molecule has 0 aromatic heterocycles. The first-order chi connectivity index (χ1) is 10.0. The van der Waals surface area contributed by atoms with Crippen molar-refractivity contribution in [3.05, 3.63) is 33.8 Å². The van der Waals surface area contributed by atoms with Crippen LogP contribution in [0.4, 0.5) is 0 Å². The highest BCUT2D eigenvalue weighted by molar-refractivity contribution is 6.35. The topological polar surface area (TPSA) is 58.2 Å². The van der Waals surface area contributed by atoms with E-state index in [-0.39, 0.29) is 0 Å². The van der Waals surface area contributed by atoms with Crippen LogP contribution in [0.1, 0.15) is 31.7 Å². The molecule has 0 aliphatic heterocycles. The number of rotatable bonds is 7. The molecular weight excluding hydrogens is 311 g/mol. The molecule has 21 heavy (non-hydrogen) atoms. The Balaban J connectivity index is 2.28. The number of carbonyl (C=O) groups excluding carboxylic acids is 2. The van der Waals surface area contributed by atoms with Crippen molar-refractivity contribution >= 4 is 35.0 Å². The van der Waals surface area contributed by atoms with Crippen molar-refractivity contribution < 1.29 is 9.59 Å². The first-order valence-electron chi connectivity index (χ1n) is 7.04. The minimum Gasteiger partial charge on any atom is -0.348 e. The lowest BCUT2D eigenvalue weighted by Crippen LogP contribution is -2.41. The van der Waals surface area contributed by atoms with Gasteiger partial charge >= 0.3 is 11.8 Å². The summed E-state index contributed by atoms with van der Waals surface area (Å²) in [6, 6.07) is 5.20. The first kappa shape index (κ1) is 17.8. The van der Waals surface area contributed by atoms with Gasteiger partial charge < -0.3 is 10.6 Å². The Kier molecular flexibility index (Phi) is 8.16. The van der Waals surface area contributed by atoms with E-state index in [9.17, 15) is 9.59 Å². The largest absolute Gasteiger partial charge is 0.348 e. The molecule has 2 amide bonds. The van der Waals surface area contributed by atoms with E-state index in [4.69, 9.17) is 23.2 Å². The minimum atomic E-state index is -0.614. The molecule has 0 heterocycles. The van der Waals surface area contributed by atoms with Crippen LogP contribution in [0, 0.1) is 0 Å². The Hall–Kier alpha value is -1.26. The van der Waals surface area contributed by atoms with Crippen LogP contribution in [0.5, 0.6) is 0 Å². The summed E-state index contributed by atoms with van der Waals surface area (Å²) < 4.78 is 0. The zero-order chi connectivity index (χ0) is 15.7. The molecule has 0 aliphatic rings.